The van der Waals surface area contributed by atoms with Crippen LogP contribution in [0.25, 0.3) is 0 Å². The van der Waals surface area contributed by atoms with Gasteiger partial charge in [0.05, 0.1) is 0 Å². The summed E-state index contributed by atoms with van der Waals surface area (Å²) in [6.07, 6.45) is 1.73. The number of rotatable bonds is 6. The first kappa shape index (κ1) is 13.5. The van der Waals surface area contributed by atoms with Crippen LogP contribution < -0.4 is 5.32 Å². The van der Waals surface area contributed by atoms with Crippen LogP contribution in [-0.2, 0) is 16.0 Å². The Morgan fingerprint density at radius 1 is 1.41 bits per heavy atom. The summed E-state index contributed by atoms with van der Waals surface area (Å²) in [5, 5.41) is 12.0. The molecule has 0 aromatic heterocycles. The molecule has 0 aliphatic carbocycles. The number of ether oxygens (including phenoxy) is 1. The fourth-order valence-corrected chi connectivity index (χ4v) is 1.57. The molecule has 2 N–H and O–H groups in total. The number of amides is 1. The lowest BCUT2D eigenvalue weighted by atomic mass is 10.1. The summed E-state index contributed by atoms with van der Waals surface area (Å²) in [6.45, 7) is 2.07. The molecular formula is C13H19NO3. The van der Waals surface area contributed by atoms with Crippen LogP contribution >= 0.6 is 0 Å². The molecule has 1 aromatic carbocycles. The second-order valence-electron chi connectivity index (χ2n) is 4.11. The van der Waals surface area contributed by atoms with Gasteiger partial charge >= 0.3 is 0 Å². The number of hydrogen-bond donors (Lipinski definition) is 2. The minimum absolute atomic E-state index is 0.0919. The molecule has 17 heavy (non-hydrogen) atoms. The molecule has 0 saturated heterocycles. The number of phenols is 1. The zero-order valence-electron chi connectivity index (χ0n) is 10.3. The molecule has 4 nitrogen and oxygen atoms in total. The van der Waals surface area contributed by atoms with E-state index >= 15 is 0 Å². The van der Waals surface area contributed by atoms with E-state index in [0.29, 0.717) is 0 Å². The summed E-state index contributed by atoms with van der Waals surface area (Å²) in [5.74, 6) is 0.181. The highest BCUT2D eigenvalue weighted by Gasteiger charge is 2.06. The van der Waals surface area contributed by atoms with Gasteiger partial charge in [0, 0.05) is 13.2 Å². The highest BCUT2D eigenvalue weighted by Crippen LogP contribution is 2.11. The Bertz CT molecular complexity index is 348. The van der Waals surface area contributed by atoms with E-state index in [-0.39, 0.29) is 24.3 Å². The van der Waals surface area contributed by atoms with E-state index in [2.05, 4.69) is 5.32 Å². The quantitative estimate of drug-likeness (QED) is 0.787. The molecule has 0 aliphatic rings. The number of aryl methyl sites for hydroxylation is 1. The lowest BCUT2D eigenvalue weighted by Gasteiger charge is -2.13. The summed E-state index contributed by atoms with van der Waals surface area (Å²) in [5.41, 5.74) is 1.15. The zero-order chi connectivity index (χ0) is 12.7. The zero-order valence-corrected chi connectivity index (χ0v) is 10.3. The fourth-order valence-electron chi connectivity index (χ4n) is 1.57. The first-order valence-electron chi connectivity index (χ1n) is 5.68. The maximum atomic E-state index is 11.2. The normalized spacial score (nSPS) is 12.1. The van der Waals surface area contributed by atoms with Gasteiger partial charge in [0.1, 0.15) is 12.4 Å². The number of carbonyl (C=O) groups is 1. The highest BCUT2D eigenvalue weighted by atomic mass is 16.5. The summed E-state index contributed by atoms with van der Waals surface area (Å²) in [7, 11) is 1.50. The van der Waals surface area contributed by atoms with Crippen molar-refractivity contribution in [1.82, 2.24) is 5.32 Å². The fraction of sp³-hybridized carbons (Fsp3) is 0.462. The van der Waals surface area contributed by atoms with Crippen molar-refractivity contribution in [2.45, 2.75) is 25.8 Å². The number of aromatic hydroxyl groups is 1. The van der Waals surface area contributed by atoms with E-state index in [9.17, 15) is 4.79 Å². The molecular weight excluding hydrogens is 218 g/mol. The molecule has 0 spiro atoms. The van der Waals surface area contributed by atoms with Crippen LogP contribution in [0.5, 0.6) is 5.75 Å². The van der Waals surface area contributed by atoms with Crippen molar-refractivity contribution in [1.29, 1.82) is 0 Å². The number of carbonyl (C=O) groups excluding carboxylic acids is 1. The van der Waals surface area contributed by atoms with Gasteiger partial charge < -0.3 is 15.2 Å². The first-order valence-corrected chi connectivity index (χ1v) is 5.68. The Kier molecular flexibility index (Phi) is 5.49. The molecule has 1 rings (SSSR count). The Balaban J connectivity index is 2.30. The van der Waals surface area contributed by atoms with Crippen molar-refractivity contribution in [2.75, 3.05) is 13.7 Å². The molecule has 0 heterocycles. The molecule has 1 unspecified atom stereocenters. The maximum Gasteiger partial charge on any atom is 0.246 e. The number of benzene rings is 1. The van der Waals surface area contributed by atoms with Gasteiger partial charge in [0.2, 0.25) is 5.91 Å². The van der Waals surface area contributed by atoms with E-state index < -0.39 is 0 Å². The summed E-state index contributed by atoms with van der Waals surface area (Å²) >= 11 is 0. The highest BCUT2D eigenvalue weighted by molar-refractivity contribution is 5.77. The van der Waals surface area contributed by atoms with Gasteiger partial charge in [0.25, 0.3) is 0 Å². The minimum Gasteiger partial charge on any atom is -0.508 e. The van der Waals surface area contributed by atoms with E-state index in [0.717, 1.165) is 18.4 Å². The lowest BCUT2D eigenvalue weighted by Crippen LogP contribution is -2.35. The third-order valence-corrected chi connectivity index (χ3v) is 2.49. The van der Waals surface area contributed by atoms with Crippen molar-refractivity contribution >= 4 is 5.91 Å². The van der Waals surface area contributed by atoms with Crippen LogP contribution in [0.2, 0.25) is 0 Å². The van der Waals surface area contributed by atoms with Crippen LogP contribution in [0, 0.1) is 0 Å². The van der Waals surface area contributed by atoms with E-state index in [1.807, 2.05) is 19.1 Å². The number of hydrogen-bond acceptors (Lipinski definition) is 3. The predicted molar refractivity (Wildman–Crippen MR) is 65.9 cm³/mol. The second kappa shape index (κ2) is 6.91. The standard InChI is InChI=1S/C13H19NO3/c1-10(14-13(16)9-17-2)3-4-11-5-7-12(15)8-6-11/h5-8,10,15H,3-4,9H2,1-2H3,(H,14,16). The lowest BCUT2D eigenvalue weighted by molar-refractivity contribution is -0.125. The van der Waals surface area contributed by atoms with Gasteiger partial charge in [-0.15, -0.1) is 0 Å². The van der Waals surface area contributed by atoms with Gasteiger partial charge in [-0.25, -0.2) is 0 Å². The van der Waals surface area contributed by atoms with Crippen LogP contribution in [0.1, 0.15) is 18.9 Å². The number of nitrogens with one attached hydrogen (secondary N) is 1. The van der Waals surface area contributed by atoms with Crippen molar-refractivity contribution in [3.05, 3.63) is 29.8 Å². The molecule has 4 heteroatoms. The van der Waals surface area contributed by atoms with Gasteiger partial charge in [-0.05, 0) is 37.5 Å². The molecule has 0 bridgehead atoms. The average molecular weight is 237 g/mol. The number of methoxy groups -OCH3 is 1. The van der Waals surface area contributed by atoms with Crippen LogP contribution in [0.3, 0.4) is 0 Å². The Labute approximate surface area is 102 Å². The third kappa shape index (κ3) is 5.36. The van der Waals surface area contributed by atoms with E-state index in [1.54, 1.807) is 12.1 Å². The van der Waals surface area contributed by atoms with Crippen LogP contribution in [-0.4, -0.2) is 30.8 Å². The topological polar surface area (TPSA) is 58.6 Å². The van der Waals surface area contributed by atoms with E-state index in [1.165, 1.54) is 7.11 Å². The van der Waals surface area contributed by atoms with Gasteiger partial charge in [0.15, 0.2) is 0 Å². The third-order valence-electron chi connectivity index (χ3n) is 2.49. The molecule has 1 atom stereocenters. The van der Waals surface area contributed by atoms with Crippen molar-refractivity contribution in [3.8, 4) is 5.75 Å². The Hall–Kier alpha value is -1.55. The molecule has 0 fully saturated rings. The smallest absolute Gasteiger partial charge is 0.246 e. The van der Waals surface area contributed by atoms with Crippen molar-refractivity contribution in [3.63, 3.8) is 0 Å². The largest absolute Gasteiger partial charge is 0.508 e. The van der Waals surface area contributed by atoms with Gasteiger partial charge in [-0.3, -0.25) is 4.79 Å². The molecule has 1 aromatic rings. The van der Waals surface area contributed by atoms with Gasteiger partial charge in [-0.2, -0.15) is 0 Å². The molecule has 0 saturated carbocycles. The van der Waals surface area contributed by atoms with E-state index in [4.69, 9.17) is 9.84 Å². The Morgan fingerprint density at radius 3 is 2.65 bits per heavy atom. The van der Waals surface area contributed by atoms with Gasteiger partial charge in [-0.1, -0.05) is 12.1 Å². The molecule has 1 amide bonds. The monoisotopic (exact) mass is 237 g/mol. The second-order valence-corrected chi connectivity index (χ2v) is 4.11. The minimum atomic E-state index is -0.0919. The summed E-state index contributed by atoms with van der Waals surface area (Å²) in [6, 6.07) is 7.23. The Morgan fingerprint density at radius 2 is 2.06 bits per heavy atom. The van der Waals surface area contributed by atoms with Crippen molar-refractivity contribution in [2.24, 2.45) is 0 Å². The SMILES string of the molecule is COCC(=O)NC(C)CCc1ccc(O)cc1. The molecule has 94 valence electrons. The number of phenolic OH excluding ortho intramolecular Hbond substituents is 1. The molecule has 0 radical (unpaired) electrons. The summed E-state index contributed by atoms with van der Waals surface area (Å²) in [4.78, 5) is 11.2. The van der Waals surface area contributed by atoms with Crippen LogP contribution in [0.15, 0.2) is 24.3 Å². The van der Waals surface area contributed by atoms with Crippen LogP contribution in [0.4, 0.5) is 0 Å². The average Bonchev–Trinajstić information content (AvgIpc) is 2.28. The van der Waals surface area contributed by atoms with Crippen molar-refractivity contribution < 1.29 is 14.6 Å². The molecule has 0 aliphatic heterocycles. The maximum absolute atomic E-state index is 11.2. The first-order chi connectivity index (χ1) is 8.11. The summed E-state index contributed by atoms with van der Waals surface area (Å²) < 4.78 is 4.74. The predicted octanol–water partition coefficient (Wildman–Crippen LogP) is 1.48.